The van der Waals surface area contributed by atoms with Gasteiger partial charge in [0.25, 0.3) is 0 Å². The fourth-order valence-electron chi connectivity index (χ4n) is 7.97. The van der Waals surface area contributed by atoms with Gasteiger partial charge >= 0.3 is 0 Å². The fourth-order valence-corrected chi connectivity index (χ4v) is 9.21. The third-order valence-electron chi connectivity index (χ3n) is 10.4. The number of hydrogen-bond donors (Lipinski definition) is 0. The van der Waals surface area contributed by atoms with Gasteiger partial charge in [0, 0.05) is 47.8 Å². The lowest BCUT2D eigenvalue weighted by atomic mass is 9.92. The number of para-hydroxylation sites is 1. The smallest absolute Gasteiger partial charge is 0.160 e. The van der Waals surface area contributed by atoms with Crippen LogP contribution in [0.2, 0.25) is 0 Å². The van der Waals surface area contributed by atoms with Crippen LogP contribution >= 0.6 is 11.3 Å². The Bertz CT molecular complexity index is 3200. The molecule has 0 aliphatic carbocycles. The number of rotatable bonds is 4. The van der Waals surface area contributed by atoms with Gasteiger partial charge in [0.2, 0.25) is 0 Å². The monoisotopic (exact) mass is 691 g/mol. The first-order valence-corrected chi connectivity index (χ1v) is 18.7. The highest BCUT2D eigenvalue weighted by Gasteiger charge is 2.18. The fraction of sp³-hybridized carbons (Fsp3) is 0. The molecule has 11 aromatic rings. The van der Waals surface area contributed by atoms with Crippen LogP contribution in [0.3, 0.4) is 0 Å². The van der Waals surface area contributed by atoms with E-state index in [0.717, 1.165) is 44.9 Å². The average Bonchev–Trinajstić information content (AvgIpc) is 3.64. The Kier molecular flexibility index (Phi) is 6.73. The normalized spacial score (nSPS) is 11.8. The Morgan fingerprint density at radius 2 is 0.887 bits per heavy atom. The molecule has 3 nitrogen and oxygen atoms in total. The van der Waals surface area contributed by atoms with Gasteiger partial charge in [-0.1, -0.05) is 146 Å². The Hall–Kier alpha value is -6.75. The summed E-state index contributed by atoms with van der Waals surface area (Å²) in [6, 6.07) is 62.4. The zero-order valence-corrected chi connectivity index (χ0v) is 29.3. The Morgan fingerprint density at radius 1 is 0.340 bits per heavy atom. The van der Waals surface area contributed by atoms with Crippen LogP contribution in [0.1, 0.15) is 0 Å². The highest BCUT2D eigenvalue weighted by Crippen LogP contribution is 2.43. The third-order valence-corrected chi connectivity index (χ3v) is 11.6. The maximum atomic E-state index is 5.31. The van der Waals surface area contributed by atoms with Crippen molar-refractivity contribution in [1.29, 1.82) is 0 Å². The van der Waals surface area contributed by atoms with Gasteiger partial charge in [-0.05, 0) is 62.6 Å². The molecule has 53 heavy (non-hydrogen) atoms. The van der Waals surface area contributed by atoms with E-state index in [-0.39, 0.29) is 0 Å². The highest BCUT2D eigenvalue weighted by molar-refractivity contribution is 7.26. The van der Waals surface area contributed by atoms with Gasteiger partial charge in [0.1, 0.15) is 0 Å². The molecule has 3 heterocycles. The van der Waals surface area contributed by atoms with Crippen molar-refractivity contribution in [3.05, 3.63) is 176 Å². The molecule has 3 aromatic heterocycles. The van der Waals surface area contributed by atoms with Crippen molar-refractivity contribution >= 4 is 74.7 Å². The van der Waals surface area contributed by atoms with Gasteiger partial charge < -0.3 is 0 Å². The van der Waals surface area contributed by atoms with Crippen LogP contribution in [-0.2, 0) is 0 Å². The van der Waals surface area contributed by atoms with Gasteiger partial charge in [-0.2, -0.15) is 0 Å². The molecule has 4 heteroatoms. The third kappa shape index (κ3) is 4.84. The zero-order valence-electron chi connectivity index (χ0n) is 28.5. The molecule has 0 unspecified atom stereocenters. The van der Waals surface area contributed by atoms with E-state index in [9.17, 15) is 0 Å². The van der Waals surface area contributed by atoms with E-state index in [1.54, 1.807) is 0 Å². The predicted molar refractivity (Wildman–Crippen MR) is 224 cm³/mol. The van der Waals surface area contributed by atoms with Crippen LogP contribution in [0.15, 0.2) is 176 Å². The molecule has 0 aliphatic heterocycles. The largest absolute Gasteiger partial charge is 0.247 e. The van der Waals surface area contributed by atoms with Gasteiger partial charge in [0.15, 0.2) is 5.82 Å². The topological polar surface area (TPSA) is 38.7 Å². The summed E-state index contributed by atoms with van der Waals surface area (Å²) in [5.41, 5.74) is 7.85. The molecule has 0 spiro atoms. The number of benzene rings is 8. The molecular weight excluding hydrogens is 663 g/mol. The summed E-state index contributed by atoms with van der Waals surface area (Å²) in [4.78, 5) is 15.7. The molecule has 11 rings (SSSR count). The maximum absolute atomic E-state index is 5.31. The van der Waals surface area contributed by atoms with Crippen LogP contribution in [0.4, 0.5) is 0 Å². The minimum absolute atomic E-state index is 0.696. The molecule has 0 saturated heterocycles. The molecule has 0 saturated carbocycles. The summed E-state index contributed by atoms with van der Waals surface area (Å²) in [6.07, 6.45) is 0. The van der Waals surface area contributed by atoms with Crippen LogP contribution < -0.4 is 0 Å². The van der Waals surface area contributed by atoms with E-state index in [2.05, 4.69) is 158 Å². The summed E-state index contributed by atoms with van der Waals surface area (Å²) < 4.78 is 2.53. The number of thiophene rings is 1. The van der Waals surface area contributed by atoms with Gasteiger partial charge in [-0.3, -0.25) is 0 Å². The highest BCUT2D eigenvalue weighted by atomic mass is 32.1. The SMILES string of the molecule is c1ccc(-c2nc(-c3cccc(-c4nc5ccccc5c5sc6ccccc6c45)c3)cc(-c3ccc4c5ccccc5c5ccccc5c4c3)n2)cc1. The summed E-state index contributed by atoms with van der Waals surface area (Å²) in [5, 5.41) is 11.1. The summed E-state index contributed by atoms with van der Waals surface area (Å²) in [6.45, 7) is 0. The Balaban J connectivity index is 1.13. The first-order valence-electron chi connectivity index (χ1n) is 17.9. The standard InChI is InChI=1S/C49H29N3S/c1-2-13-30(14-3-1)49-51-43(29-44(52-49)32-25-26-38-36-19-5-4-17-34(36)35-18-6-7-20-37(35)41(38)28-32)31-15-12-16-33(27-31)47-46-40-22-9-11-24-45(40)53-48(46)39-21-8-10-23-42(39)50-47/h1-29H. The maximum Gasteiger partial charge on any atom is 0.160 e. The molecule has 0 atom stereocenters. The number of nitrogens with zero attached hydrogens (tertiary/aromatic N) is 3. The Morgan fingerprint density at radius 3 is 1.62 bits per heavy atom. The molecule has 0 N–H and O–H groups in total. The van der Waals surface area contributed by atoms with E-state index in [1.165, 1.54) is 57.9 Å². The first kappa shape index (κ1) is 29.9. The van der Waals surface area contributed by atoms with Crippen molar-refractivity contribution in [1.82, 2.24) is 15.0 Å². The van der Waals surface area contributed by atoms with Crippen molar-refractivity contribution < 1.29 is 0 Å². The van der Waals surface area contributed by atoms with Gasteiger partial charge in [0.05, 0.1) is 22.6 Å². The van der Waals surface area contributed by atoms with Crippen molar-refractivity contribution in [3.63, 3.8) is 0 Å². The lowest BCUT2D eigenvalue weighted by Crippen LogP contribution is -1.96. The number of hydrogen-bond acceptors (Lipinski definition) is 4. The van der Waals surface area contributed by atoms with Crippen LogP contribution in [0.25, 0.3) is 109 Å². The number of fused-ring (bicyclic) bond motifs is 11. The molecule has 246 valence electrons. The van der Waals surface area contributed by atoms with E-state index in [4.69, 9.17) is 15.0 Å². The average molecular weight is 692 g/mol. The van der Waals surface area contributed by atoms with Crippen molar-refractivity contribution in [2.24, 2.45) is 0 Å². The summed E-state index contributed by atoms with van der Waals surface area (Å²) in [7, 11) is 0. The van der Waals surface area contributed by atoms with Crippen molar-refractivity contribution in [2.75, 3.05) is 0 Å². The summed E-state index contributed by atoms with van der Waals surface area (Å²) >= 11 is 1.84. The molecule has 0 radical (unpaired) electrons. The predicted octanol–water partition coefficient (Wildman–Crippen LogP) is 13.5. The first-order chi connectivity index (χ1) is 26.3. The lowest BCUT2D eigenvalue weighted by molar-refractivity contribution is 1.18. The molecule has 8 aromatic carbocycles. The second kappa shape index (κ2) is 11.9. The zero-order chi connectivity index (χ0) is 34.9. The molecule has 0 aliphatic rings. The van der Waals surface area contributed by atoms with E-state index >= 15 is 0 Å². The van der Waals surface area contributed by atoms with Gasteiger partial charge in [-0.25, -0.2) is 15.0 Å². The van der Waals surface area contributed by atoms with E-state index in [0.29, 0.717) is 5.82 Å². The second-order valence-electron chi connectivity index (χ2n) is 13.5. The lowest BCUT2D eigenvalue weighted by Gasteiger charge is -2.13. The molecule has 0 fully saturated rings. The van der Waals surface area contributed by atoms with Gasteiger partial charge in [-0.15, -0.1) is 11.3 Å². The van der Waals surface area contributed by atoms with Crippen LogP contribution in [0.5, 0.6) is 0 Å². The number of aromatic nitrogens is 3. The Labute approximate surface area is 309 Å². The van der Waals surface area contributed by atoms with E-state index in [1.807, 2.05) is 29.5 Å². The molecule has 0 amide bonds. The summed E-state index contributed by atoms with van der Waals surface area (Å²) in [5.74, 6) is 0.696. The molecular formula is C49H29N3S. The van der Waals surface area contributed by atoms with Crippen LogP contribution in [0, 0.1) is 0 Å². The minimum atomic E-state index is 0.696. The van der Waals surface area contributed by atoms with Crippen molar-refractivity contribution in [2.45, 2.75) is 0 Å². The molecule has 0 bridgehead atoms. The quantitative estimate of drug-likeness (QED) is 0.172. The second-order valence-corrected chi connectivity index (χ2v) is 14.6. The number of pyridine rings is 1. The minimum Gasteiger partial charge on any atom is -0.247 e. The van der Waals surface area contributed by atoms with Crippen LogP contribution in [-0.4, -0.2) is 15.0 Å². The van der Waals surface area contributed by atoms with Crippen molar-refractivity contribution in [3.8, 4) is 45.2 Å². The van der Waals surface area contributed by atoms with E-state index < -0.39 is 0 Å².